The summed E-state index contributed by atoms with van der Waals surface area (Å²) in [6.07, 6.45) is 8.41. The van der Waals surface area contributed by atoms with Crippen molar-refractivity contribution < 1.29 is 0 Å². The summed E-state index contributed by atoms with van der Waals surface area (Å²) >= 11 is 0. The molecule has 1 rings (SSSR count). The average Bonchev–Trinajstić information content (AvgIpc) is 2.06. The molecule has 0 aromatic heterocycles. The van der Waals surface area contributed by atoms with E-state index in [-0.39, 0.29) is 5.41 Å². The van der Waals surface area contributed by atoms with E-state index in [4.69, 9.17) is 0 Å². The molecule has 0 amide bonds. The zero-order valence-electron chi connectivity index (χ0n) is 6.67. The fraction of sp³-hybridized carbons (Fsp3) is 0.556. The second-order valence-electron chi connectivity index (χ2n) is 2.73. The van der Waals surface area contributed by atoms with Crippen LogP contribution in [0, 0.1) is 12.0 Å². The number of allylic oxidation sites excluding steroid dienone is 1. The lowest BCUT2D eigenvalue weighted by molar-refractivity contribution is 0.413. The highest BCUT2D eigenvalue weighted by molar-refractivity contribution is 5.73. The molecule has 0 atom stereocenters. The summed E-state index contributed by atoms with van der Waals surface area (Å²) in [5.74, 6) is 0. The highest BCUT2D eigenvalue weighted by atomic mass is 14.7. The first-order valence-corrected chi connectivity index (χ1v) is 3.88. The summed E-state index contributed by atoms with van der Waals surface area (Å²) in [6, 6.07) is 0. The van der Waals surface area contributed by atoms with Gasteiger partial charge >= 0.3 is 0 Å². The summed E-state index contributed by atoms with van der Waals surface area (Å²) in [5, 5.41) is 0. The number of rotatable bonds is 2. The second-order valence-corrected chi connectivity index (χ2v) is 2.73. The van der Waals surface area contributed by atoms with E-state index in [0.29, 0.717) is 0 Å². The van der Waals surface area contributed by atoms with Crippen LogP contribution in [0.4, 0.5) is 0 Å². The molecule has 0 unspecified atom stereocenters. The molecule has 55 valence electrons. The van der Waals surface area contributed by atoms with E-state index in [1.54, 1.807) is 0 Å². The maximum atomic E-state index is 4.14. The predicted octanol–water partition coefficient (Wildman–Crippen LogP) is 2.60. The molecule has 1 aliphatic rings. The average molecular weight is 136 g/mol. The summed E-state index contributed by atoms with van der Waals surface area (Å²) in [7, 11) is 0. The standard InChI is InChI=1S/C9H14N/c1-3-9(4-2)6-5-7-10-8-9/h5-8H,3-4H2,1-2H3. The van der Waals surface area contributed by atoms with Crippen molar-refractivity contribution in [1.29, 1.82) is 0 Å². The van der Waals surface area contributed by atoms with E-state index in [0.717, 1.165) is 12.8 Å². The maximum absolute atomic E-state index is 4.14. The van der Waals surface area contributed by atoms with Gasteiger partial charge in [-0.05, 0) is 18.9 Å². The zero-order valence-corrected chi connectivity index (χ0v) is 6.67. The molecule has 0 bridgehead atoms. The largest absolute Gasteiger partial charge is 0.287 e. The van der Waals surface area contributed by atoms with Crippen molar-refractivity contribution in [2.24, 2.45) is 10.4 Å². The summed E-state index contributed by atoms with van der Waals surface area (Å²) in [6.45, 7) is 6.45. The van der Waals surface area contributed by atoms with Gasteiger partial charge in [0.2, 0.25) is 0 Å². The normalized spacial score (nSPS) is 21.4. The number of dihydropyridines is 1. The van der Waals surface area contributed by atoms with Gasteiger partial charge in [0.25, 0.3) is 0 Å². The third-order valence-corrected chi connectivity index (χ3v) is 2.25. The fourth-order valence-electron chi connectivity index (χ4n) is 1.19. The van der Waals surface area contributed by atoms with Gasteiger partial charge in [-0.1, -0.05) is 19.9 Å². The van der Waals surface area contributed by atoms with Crippen LogP contribution in [0.15, 0.2) is 17.1 Å². The van der Waals surface area contributed by atoms with Gasteiger partial charge in [0.1, 0.15) is 0 Å². The first-order chi connectivity index (χ1) is 4.83. The van der Waals surface area contributed by atoms with E-state index in [9.17, 15) is 0 Å². The van der Waals surface area contributed by atoms with Gasteiger partial charge < -0.3 is 0 Å². The Kier molecular flexibility index (Phi) is 2.25. The lowest BCUT2D eigenvalue weighted by Gasteiger charge is -2.26. The molecule has 0 fully saturated rings. The van der Waals surface area contributed by atoms with E-state index >= 15 is 0 Å². The molecule has 0 saturated carbocycles. The number of hydrogen-bond donors (Lipinski definition) is 0. The van der Waals surface area contributed by atoms with Crippen LogP contribution in [0.5, 0.6) is 0 Å². The van der Waals surface area contributed by atoms with Crippen molar-refractivity contribution in [3.05, 3.63) is 18.7 Å². The minimum Gasteiger partial charge on any atom is -0.287 e. The zero-order chi connectivity index (χ0) is 7.45. The van der Waals surface area contributed by atoms with Crippen LogP contribution in [0.1, 0.15) is 26.7 Å². The Labute approximate surface area is 62.9 Å². The van der Waals surface area contributed by atoms with Gasteiger partial charge in [-0.15, -0.1) is 0 Å². The third kappa shape index (κ3) is 1.28. The van der Waals surface area contributed by atoms with Crippen LogP contribution in [0.3, 0.4) is 0 Å². The van der Waals surface area contributed by atoms with Crippen molar-refractivity contribution >= 4 is 6.21 Å². The Bertz CT molecular complexity index is 152. The van der Waals surface area contributed by atoms with E-state index in [1.807, 2.05) is 18.8 Å². The Morgan fingerprint density at radius 1 is 1.30 bits per heavy atom. The number of hydrogen-bond acceptors (Lipinski definition) is 1. The van der Waals surface area contributed by atoms with Gasteiger partial charge in [0.05, 0.1) is 6.54 Å². The van der Waals surface area contributed by atoms with Crippen molar-refractivity contribution in [2.75, 3.05) is 0 Å². The van der Waals surface area contributed by atoms with Crippen molar-refractivity contribution in [1.82, 2.24) is 0 Å². The number of aliphatic imine (C=N–C) groups is 1. The Morgan fingerprint density at radius 2 is 2.00 bits per heavy atom. The molecule has 0 saturated heterocycles. The molecule has 1 radical (unpaired) electrons. The topological polar surface area (TPSA) is 12.4 Å². The van der Waals surface area contributed by atoms with Crippen molar-refractivity contribution in [3.63, 3.8) is 0 Å². The SMILES string of the molecule is CCC1(CC)[CH]N=CC=C1. The highest BCUT2D eigenvalue weighted by Crippen LogP contribution is 2.32. The quantitative estimate of drug-likeness (QED) is 0.553. The minimum absolute atomic E-state index is 0.259. The summed E-state index contributed by atoms with van der Waals surface area (Å²) in [4.78, 5) is 4.14. The van der Waals surface area contributed by atoms with Crippen LogP contribution in [-0.2, 0) is 0 Å². The fourth-order valence-corrected chi connectivity index (χ4v) is 1.19. The Morgan fingerprint density at radius 3 is 2.30 bits per heavy atom. The molecule has 0 aromatic rings. The molecule has 0 aliphatic carbocycles. The van der Waals surface area contributed by atoms with Crippen molar-refractivity contribution in [2.45, 2.75) is 26.7 Å². The van der Waals surface area contributed by atoms with Crippen molar-refractivity contribution in [3.8, 4) is 0 Å². The van der Waals surface area contributed by atoms with Gasteiger partial charge in [-0.2, -0.15) is 0 Å². The Hall–Kier alpha value is -0.590. The molecular formula is C9H14N. The van der Waals surface area contributed by atoms with Gasteiger partial charge in [0.15, 0.2) is 0 Å². The smallest absolute Gasteiger partial charge is 0.0821 e. The summed E-state index contributed by atoms with van der Waals surface area (Å²) in [5.41, 5.74) is 0.259. The van der Waals surface area contributed by atoms with Crippen LogP contribution >= 0.6 is 0 Å². The maximum Gasteiger partial charge on any atom is 0.0821 e. The van der Waals surface area contributed by atoms with Gasteiger partial charge in [-0.3, -0.25) is 4.99 Å². The molecule has 1 heterocycles. The van der Waals surface area contributed by atoms with Gasteiger partial charge in [-0.25, -0.2) is 0 Å². The second kappa shape index (κ2) is 3.00. The third-order valence-electron chi connectivity index (χ3n) is 2.25. The molecule has 1 aliphatic heterocycles. The van der Waals surface area contributed by atoms with E-state index in [2.05, 4.69) is 24.9 Å². The van der Waals surface area contributed by atoms with Crippen LogP contribution in [0.25, 0.3) is 0 Å². The molecule has 1 heteroatoms. The molecule has 1 nitrogen and oxygen atoms in total. The first kappa shape index (κ1) is 7.52. The molecule has 0 N–H and O–H groups in total. The van der Waals surface area contributed by atoms with Crippen LogP contribution in [0.2, 0.25) is 0 Å². The number of nitrogens with zero attached hydrogens (tertiary/aromatic N) is 1. The summed E-state index contributed by atoms with van der Waals surface area (Å²) < 4.78 is 0. The molecule has 10 heavy (non-hydrogen) atoms. The van der Waals surface area contributed by atoms with E-state index < -0.39 is 0 Å². The molecule has 0 spiro atoms. The molecular weight excluding hydrogens is 122 g/mol. The first-order valence-electron chi connectivity index (χ1n) is 3.88. The van der Waals surface area contributed by atoms with Crippen LogP contribution < -0.4 is 0 Å². The van der Waals surface area contributed by atoms with Crippen LogP contribution in [-0.4, -0.2) is 6.21 Å². The molecule has 0 aromatic carbocycles. The van der Waals surface area contributed by atoms with E-state index in [1.165, 1.54) is 0 Å². The lowest BCUT2D eigenvalue weighted by atomic mass is 9.81. The van der Waals surface area contributed by atoms with Gasteiger partial charge in [0, 0.05) is 11.6 Å². The highest BCUT2D eigenvalue weighted by Gasteiger charge is 2.23. The minimum atomic E-state index is 0.259. The predicted molar refractivity (Wildman–Crippen MR) is 44.9 cm³/mol. The Balaban J connectivity index is 2.66. The monoisotopic (exact) mass is 136 g/mol. The lowest BCUT2D eigenvalue weighted by Crippen LogP contribution is -2.17.